The predicted molar refractivity (Wildman–Crippen MR) is 49.0 cm³/mol. The van der Waals surface area contributed by atoms with Gasteiger partial charge in [-0.3, -0.25) is 4.79 Å². The van der Waals surface area contributed by atoms with Gasteiger partial charge in [0.25, 0.3) is 0 Å². The van der Waals surface area contributed by atoms with E-state index in [9.17, 15) is 18.0 Å². The van der Waals surface area contributed by atoms with E-state index < -0.39 is 28.6 Å². The summed E-state index contributed by atoms with van der Waals surface area (Å²) in [6, 6.07) is 0. The molecule has 0 aliphatic rings. The summed E-state index contributed by atoms with van der Waals surface area (Å²) >= 11 is 0.802. The van der Waals surface area contributed by atoms with Crippen molar-refractivity contribution < 1.29 is 23.1 Å². The zero-order valence-electron chi connectivity index (χ0n) is 8.18. The maximum atomic E-state index is 11.8. The Morgan fingerprint density at radius 1 is 1.36 bits per heavy atom. The molecule has 0 unspecified atom stereocenters. The fraction of sp³-hybridized carbons (Fsp3) is 0.875. The summed E-state index contributed by atoms with van der Waals surface area (Å²) in [4.78, 5) is 11.0. The Labute approximate surface area is 84.9 Å². The van der Waals surface area contributed by atoms with Crippen molar-refractivity contribution in [2.24, 2.45) is 0 Å². The fourth-order valence-electron chi connectivity index (χ4n) is 0.657. The van der Waals surface area contributed by atoms with Crippen LogP contribution in [-0.2, 0) is 4.79 Å². The molecule has 0 rings (SSSR count). The lowest BCUT2D eigenvalue weighted by molar-refractivity contribution is -0.204. The fourth-order valence-corrected chi connectivity index (χ4v) is 1.58. The van der Waals surface area contributed by atoms with Gasteiger partial charge in [-0.25, -0.2) is 0 Å². The van der Waals surface area contributed by atoms with Crippen LogP contribution in [0.4, 0.5) is 13.2 Å². The van der Waals surface area contributed by atoms with Gasteiger partial charge in [0.15, 0.2) is 11.2 Å². The molecule has 0 heterocycles. The lowest BCUT2D eigenvalue weighted by atomic mass is 10.2. The summed E-state index contributed by atoms with van der Waals surface area (Å²) in [5, 5.41) is 7.94. The molecule has 0 bridgehead atoms. The van der Waals surface area contributed by atoms with Gasteiger partial charge in [-0.1, -0.05) is 32.5 Å². The van der Waals surface area contributed by atoms with Crippen molar-refractivity contribution in [2.45, 2.75) is 44.2 Å². The van der Waals surface area contributed by atoms with Crippen molar-refractivity contribution in [1.29, 1.82) is 0 Å². The summed E-state index contributed by atoms with van der Waals surface area (Å²) < 4.78 is 35.1. The molecule has 1 N–H and O–H groups in total. The van der Waals surface area contributed by atoms with Crippen LogP contribution < -0.4 is 0 Å². The number of carbonyl (C=O) groups excluding carboxylic acids is 1. The maximum absolute atomic E-state index is 11.8. The predicted octanol–water partition coefficient (Wildman–Crippen LogP) is 2.36. The number of rotatable bonds is 2. The zero-order valence-corrected chi connectivity index (χ0v) is 9.00. The van der Waals surface area contributed by atoms with Crippen molar-refractivity contribution in [3.05, 3.63) is 0 Å². The minimum Gasteiger partial charge on any atom is -0.383 e. The zero-order chi connectivity index (χ0) is 11.6. The molecule has 2 nitrogen and oxygen atoms in total. The molecular formula is C8H13F3O2S. The molecule has 0 aliphatic heterocycles. The molecule has 0 aromatic carbocycles. The number of thioether (sulfide) groups is 1. The van der Waals surface area contributed by atoms with Crippen LogP contribution in [0.3, 0.4) is 0 Å². The van der Waals surface area contributed by atoms with Crippen molar-refractivity contribution in [3.63, 3.8) is 0 Å². The Kier molecular flexibility index (Phi) is 4.45. The highest BCUT2D eigenvalue weighted by Gasteiger charge is 2.39. The smallest absolute Gasteiger partial charge is 0.383 e. The lowest BCUT2D eigenvalue weighted by Crippen LogP contribution is -2.31. The molecule has 1 atom stereocenters. The van der Waals surface area contributed by atoms with Crippen LogP contribution in [-0.4, -0.2) is 27.2 Å². The molecule has 0 aliphatic carbocycles. The minimum atomic E-state index is -4.71. The normalized spacial score (nSPS) is 15.4. The molecule has 0 aromatic rings. The van der Waals surface area contributed by atoms with Crippen molar-refractivity contribution >= 4 is 16.9 Å². The van der Waals surface area contributed by atoms with E-state index in [2.05, 4.69) is 0 Å². The summed E-state index contributed by atoms with van der Waals surface area (Å²) in [6.45, 7) is 5.15. The van der Waals surface area contributed by atoms with E-state index in [1.165, 1.54) is 0 Å². The maximum Gasteiger partial charge on any atom is 0.414 e. The largest absolute Gasteiger partial charge is 0.414 e. The number of aliphatic hydroxyl groups excluding tert-OH is 1. The molecule has 0 amide bonds. The van der Waals surface area contributed by atoms with Crippen molar-refractivity contribution in [1.82, 2.24) is 0 Å². The van der Waals surface area contributed by atoms with Crippen LogP contribution >= 0.6 is 11.8 Å². The number of halogens is 3. The van der Waals surface area contributed by atoms with Crippen molar-refractivity contribution in [3.8, 4) is 0 Å². The Balaban J connectivity index is 4.09. The summed E-state index contributed by atoms with van der Waals surface area (Å²) in [7, 11) is 0. The SMILES string of the molecule is CC(C)(C)SC(=O)C[C@@H](O)C(F)(F)F. The monoisotopic (exact) mass is 230 g/mol. The van der Waals surface area contributed by atoms with Crippen LogP contribution in [0, 0.1) is 0 Å². The second-order valence-corrected chi connectivity index (χ2v) is 5.73. The first-order valence-corrected chi connectivity index (χ1v) is 4.80. The molecule has 0 saturated carbocycles. The van der Waals surface area contributed by atoms with Gasteiger partial charge in [-0.15, -0.1) is 0 Å². The molecule has 0 spiro atoms. The Bertz CT molecular complexity index is 208. The molecule has 0 fully saturated rings. The first kappa shape index (κ1) is 13.8. The topological polar surface area (TPSA) is 37.3 Å². The lowest BCUT2D eigenvalue weighted by Gasteiger charge is -2.18. The van der Waals surface area contributed by atoms with Crippen LogP contribution in [0.1, 0.15) is 27.2 Å². The summed E-state index contributed by atoms with van der Waals surface area (Å²) in [5.74, 6) is 0. The number of carbonyl (C=O) groups is 1. The van der Waals surface area contributed by atoms with E-state index in [1.54, 1.807) is 20.8 Å². The molecule has 0 saturated heterocycles. The van der Waals surface area contributed by atoms with E-state index in [0.29, 0.717) is 0 Å². The number of aliphatic hydroxyl groups is 1. The number of hydrogen-bond acceptors (Lipinski definition) is 3. The molecule has 6 heteroatoms. The summed E-state index contributed by atoms with van der Waals surface area (Å²) in [6.07, 6.45) is -8.15. The van der Waals surface area contributed by atoms with Gasteiger partial charge in [0, 0.05) is 4.75 Å². The highest BCUT2D eigenvalue weighted by atomic mass is 32.2. The highest BCUT2D eigenvalue weighted by Crippen LogP contribution is 2.29. The van der Waals surface area contributed by atoms with Gasteiger partial charge in [0.1, 0.15) is 0 Å². The van der Waals surface area contributed by atoms with Crippen LogP contribution in [0.25, 0.3) is 0 Å². The Morgan fingerprint density at radius 2 is 1.79 bits per heavy atom. The van der Waals surface area contributed by atoms with Gasteiger partial charge in [-0.05, 0) is 0 Å². The molecule has 0 aromatic heterocycles. The van der Waals surface area contributed by atoms with Gasteiger partial charge >= 0.3 is 6.18 Å². The van der Waals surface area contributed by atoms with Gasteiger partial charge < -0.3 is 5.11 Å². The van der Waals surface area contributed by atoms with E-state index >= 15 is 0 Å². The molecule has 84 valence electrons. The standard InChI is InChI=1S/C8H13F3O2S/c1-7(2,3)14-6(13)4-5(12)8(9,10)11/h5,12H,4H2,1-3H3/t5-/m1/s1. The Hall–Kier alpha value is -0.230. The quantitative estimate of drug-likeness (QED) is 0.791. The third-order valence-corrected chi connectivity index (χ3v) is 2.16. The molecule has 0 radical (unpaired) electrons. The second kappa shape index (κ2) is 4.53. The van der Waals surface area contributed by atoms with Crippen molar-refractivity contribution in [2.75, 3.05) is 0 Å². The average Bonchev–Trinajstić information content (AvgIpc) is 1.79. The number of alkyl halides is 3. The number of hydrogen-bond donors (Lipinski definition) is 1. The Morgan fingerprint density at radius 3 is 2.07 bits per heavy atom. The first-order chi connectivity index (χ1) is 6.02. The third kappa shape index (κ3) is 6.26. The van der Waals surface area contributed by atoms with Crippen LogP contribution in [0.5, 0.6) is 0 Å². The highest BCUT2D eigenvalue weighted by molar-refractivity contribution is 8.14. The minimum absolute atomic E-state index is 0.428. The summed E-state index contributed by atoms with van der Waals surface area (Å²) in [5.41, 5.74) is 0. The molecular weight excluding hydrogens is 217 g/mol. The molecule has 14 heavy (non-hydrogen) atoms. The van der Waals surface area contributed by atoms with E-state index in [-0.39, 0.29) is 0 Å². The van der Waals surface area contributed by atoms with Crippen LogP contribution in [0.2, 0.25) is 0 Å². The average molecular weight is 230 g/mol. The van der Waals surface area contributed by atoms with Gasteiger partial charge in [-0.2, -0.15) is 13.2 Å². The van der Waals surface area contributed by atoms with Crippen LogP contribution in [0.15, 0.2) is 0 Å². The van der Waals surface area contributed by atoms with E-state index in [0.717, 1.165) is 11.8 Å². The van der Waals surface area contributed by atoms with Gasteiger partial charge in [0.2, 0.25) is 0 Å². The van der Waals surface area contributed by atoms with Gasteiger partial charge in [0.05, 0.1) is 6.42 Å². The first-order valence-electron chi connectivity index (χ1n) is 3.99. The van der Waals surface area contributed by atoms with E-state index in [1.807, 2.05) is 0 Å². The second-order valence-electron chi connectivity index (χ2n) is 3.85. The van der Waals surface area contributed by atoms with E-state index in [4.69, 9.17) is 5.11 Å². The third-order valence-electron chi connectivity index (χ3n) is 1.16.